The van der Waals surface area contributed by atoms with E-state index in [1.54, 1.807) is 19.9 Å². The monoisotopic (exact) mass is 212 g/mol. The Morgan fingerprint density at radius 3 is 2.07 bits per heavy atom. The zero-order valence-corrected chi connectivity index (χ0v) is 10.2. The standard InChI is InChI=1S/C12H20O3/c1-8(2)6-7-11(10(5)13)12(14)15-9(3)4/h7-9H,6H2,1-5H3. The van der Waals surface area contributed by atoms with Crippen molar-refractivity contribution in [2.45, 2.75) is 47.1 Å². The highest BCUT2D eigenvalue weighted by atomic mass is 16.5. The predicted octanol–water partition coefficient (Wildman–Crippen LogP) is 2.50. The number of rotatable bonds is 5. The molecule has 15 heavy (non-hydrogen) atoms. The average molecular weight is 212 g/mol. The van der Waals surface area contributed by atoms with E-state index in [0.717, 1.165) is 0 Å². The second-order valence-electron chi connectivity index (χ2n) is 4.26. The van der Waals surface area contributed by atoms with Gasteiger partial charge in [0.2, 0.25) is 0 Å². The predicted molar refractivity (Wildman–Crippen MR) is 59.4 cm³/mol. The topological polar surface area (TPSA) is 43.4 Å². The third-order valence-electron chi connectivity index (χ3n) is 1.74. The number of ether oxygens (including phenoxy) is 1. The molecule has 0 aromatic heterocycles. The maximum absolute atomic E-state index is 11.5. The first-order chi connectivity index (χ1) is 6.84. The van der Waals surface area contributed by atoms with Crippen LogP contribution in [0.2, 0.25) is 0 Å². The third-order valence-corrected chi connectivity index (χ3v) is 1.74. The highest BCUT2D eigenvalue weighted by Gasteiger charge is 2.16. The number of hydrogen-bond acceptors (Lipinski definition) is 3. The summed E-state index contributed by atoms with van der Waals surface area (Å²) in [5, 5.41) is 0. The lowest BCUT2D eigenvalue weighted by Crippen LogP contribution is -2.18. The summed E-state index contributed by atoms with van der Waals surface area (Å²) in [4.78, 5) is 22.7. The first-order valence-corrected chi connectivity index (χ1v) is 5.26. The minimum atomic E-state index is -0.516. The van der Waals surface area contributed by atoms with Crippen molar-refractivity contribution in [2.75, 3.05) is 0 Å². The molecular formula is C12H20O3. The quantitative estimate of drug-likeness (QED) is 0.304. The van der Waals surface area contributed by atoms with Gasteiger partial charge in [-0.1, -0.05) is 19.9 Å². The Labute approximate surface area is 91.5 Å². The van der Waals surface area contributed by atoms with Crippen LogP contribution < -0.4 is 0 Å². The van der Waals surface area contributed by atoms with Crippen LogP contribution in [-0.2, 0) is 14.3 Å². The van der Waals surface area contributed by atoms with Crippen LogP contribution in [0.3, 0.4) is 0 Å². The summed E-state index contributed by atoms with van der Waals surface area (Å²) in [6.45, 7) is 8.97. The molecule has 3 heteroatoms. The molecule has 0 aromatic rings. The zero-order valence-electron chi connectivity index (χ0n) is 10.2. The van der Waals surface area contributed by atoms with Crippen LogP contribution >= 0.6 is 0 Å². The van der Waals surface area contributed by atoms with Crippen LogP contribution in [0.25, 0.3) is 0 Å². The Bertz CT molecular complexity index is 262. The molecule has 0 rings (SSSR count). The second-order valence-corrected chi connectivity index (χ2v) is 4.26. The molecule has 0 fully saturated rings. The van der Waals surface area contributed by atoms with E-state index in [1.807, 2.05) is 13.8 Å². The van der Waals surface area contributed by atoms with E-state index in [4.69, 9.17) is 4.74 Å². The number of carbonyl (C=O) groups is 2. The Kier molecular flexibility index (Phi) is 5.90. The van der Waals surface area contributed by atoms with E-state index in [2.05, 4.69) is 0 Å². The average Bonchev–Trinajstić information content (AvgIpc) is 2.01. The largest absolute Gasteiger partial charge is 0.459 e. The van der Waals surface area contributed by atoms with Crippen LogP contribution in [0.1, 0.15) is 41.0 Å². The molecule has 0 aromatic carbocycles. The summed E-state index contributed by atoms with van der Waals surface area (Å²) < 4.78 is 4.98. The van der Waals surface area contributed by atoms with Crippen molar-refractivity contribution in [3.63, 3.8) is 0 Å². The molecule has 3 nitrogen and oxygen atoms in total. The SMILES string of the molecule is CC(=O)C(=CCC(C)C)C(=O)OC(C)C. The fourth-order valence-corrected chi connectivity index (χ4v) is 1.00. The smallest absolute Gasteiger partial charge is 0.341 e. The van der Waals surface area contributed by atoms with Gasteiger partial charge in [0.1, 0.15) is 0 Å². The number of hydrogen-bond donors (Lipinski definition) is 0. The third kappa shape index (κ3) is 6.05. The molecular weight excluding hydrogens is 192 g/mol. The molecule has 0 unspecified atom stereocenters. The normalized spacial score (nSPS) is 12.1. The number of carbonyl (C=O) groups excluding carboxylic acids is 2. The zero-order chi connectivity index (χ0) is 12.0. The van der Waals surface area contributed by atoms with Gasteiger partial charge in [-0.25, -0.2) is 4.79 Å². The number of esters is 1. The van der Waals surface area contributed by atoms with Gasteiger partial charge in [-0.15, -0.1) is 0 Å². The molecule has 0 N–H and O–H groups in total. The van der Waals surface area contributed by atoms with E-state index < -0.39 is 5.97 Å². The van der Waals surface area contributed by atoms with E-state index >= 15 is 0 Å². The molecule has 0 saturated carbocycles. The molecule has 0 radical (unpaired) electrons. The van der Waals surface area contributed by atoms with Gasteiger partial charge in [0, 0.05) is 0 Å². The molecule has 0 aliphatic carbocycles. The van der Waals surface area contributed by atoms with Crippen molar-refractivity contribution in [2.24, 2.45) is 5.92 Å². The summed E-state index contributed by atoms with van der Waals surface area (Å²) in [6.07, 6.45) is 2.18. The van der Waals surface area contributed by atoms with Crippen molar-refractivity contribution in [3.05, 3.63) is 11.6 Å². The molecule has 0 aliphatic heterocycles. The van der Waals surface area contributed by atoms with Crippen molar-refractivity contribution in [1.82, 2.24) is 0 Å². The Balaban J connectivity index is 4.59. The van der Waals surface area contributed by atoms with Crippen molar-refractivity contribution in [3.8, 4) is 0 Å². The summed E-state index contributed by atoms with van der Waals surface area (Å²) in [5.74, 6) is -0.328. The molecule has 0 saturated heterocycles. The van der Waals surface area contributed by atoms with Crippen molar-refractivity contribution >= 4 is 11.8 Å². The van der Waals surface area contributed by atoms with E-state index in [9.17, 15) is 9.59 Å². The second kappa shape index (κ2) is 6.38. The maximum atomic E-state index is 11.5. The Morgan fingerprint density at radius 2 is 1.73 bits per heavy atom. The minimum absolute atomic E-state index is 0.164. The van der Waals surface area contributed by atoms with Gasteiger partial charge in [0.25, 0.3) is 0 Å². The number of ketones is 1. The fraction of sp³-hybridized carbons (Fsp3) is 0.667. The summed E-state index contributed by atoms with van der Waals surface area (Å²) >= 11 is 0. The van der Waals surface area contributed by atoms with Crippen LogP contribution in [0.15, 0.2) is 11.6 Å². The van der Waals surface area contributed by atoms with Crippen LogP contribution in [-0.4, -0.2) is 17.9 Å². The van der Waals surface area contributed by atoms with Gasteiger partial charge in [-0.3, -0.25) is 4.79 Å². The molecule has 0 aliphatic rings. The van der Waals surface area contributed by atoms with Gasteiger partial charge in [0.15, 0.2) is 5.78 Å². The van der Waals surface area contributed by atoms with Gasteiger partial charge in [-0.05, 0) is 33.1 Å². The lowest BCUT2D eigenvalue weighted by atomic mass is 10.1. The lowest BCUT2D eigenvalue weighted by molar-refractivity contribution is -0.143. The van der Waals surface area contributed by atoms with Crippen LogP contribution in [0.4, 0.5) is 0 Å². The van der Waals surface area contributed by atoms with E-state index in [0.29, 0.717) is 12.3 Å². The maximum Gasteiger partial charge on any atom is 0.341 e. The molecule has 0 heterocycles. The van der Waals surface area contributed by atoms with Crippen LogP contribution in [0, 0.1) is 5.92 Å². The highest BCUT2D eigenvalue weighted by molar-refractivity contribution is 6.16. The fourth-order valence-electron chi connectivity index (χ4n) is 1.00. The first-order valence-electron chi connectivity index (χ1n) is 5.26. The number of allylic oxidation sites excluding steroid dienone is 1. The molecule has 0 spiro atoms. The Morgan fingerprint density at radius 1 is 1.20 bits per heavy atom. The van der Waals surface area contributed by atoms with Gasteiger partial charge < -0.3 is 4.74 Å². The molecule has 0 atom stereocenters. The minimum Gasteiger partial charge on any atom is -0.459 e. The van der Waals surface area contributed by atoms with Gasteiger partial charge in [-0.2, -0.15) is 0 Å². The lowest BCUT2D eigenvalue weighted by Gasteiger charge is -2.09. The summed E-state index contributed by atoms with van der Waals surface area (Å²) in [5.41, 5.74) is 0.164. The van der Waals surface area contributed by atoms with Crippen molar-refractivity contribution < 1.29 is 14.3 Å². The van der Waals surface area contributed by atoms with Gasteiger partial charge in [0.05, 0.1) is 11.7 Å². The molecule has 86 valence electrons. The van der Waals surface area contributed by atoms with Crippen molar-refractivity contribution in [1.29, 1.82) is 0 Å². The number of Topliss-reactive ketones (excluding diaryl/α,β-unsaturated/α-hetero) is 1. The van der Waals surface area contributed by atoms with Gasteiger partial charge >= 0.3 is 5.97 Å². The Hall–Kier alpha value is -1.12. The van der Waals surface area contributed by atoms with E-state index in [1.165, 1.54) is 6.92 Å². The summed E-state index contributed by atoms with van der Waals surface area (Å²) in [6, 6.07) is 0. The summed E-state index contributed by atoms with van der Waals surface area (Å²) in [7, 11) is 0. The first kappa shape index (κ1) is 13.9. The highest BCUT2D eigenvalue weighted by Crippen LogP contribution is 2.08. The molecule has 0 bridgehead atoms. The molecule has 0 amide bonds. The van der Waals surface area contributed by atoms with Crippen LogP contribution in [0.5, 0.6) is 0 Å². The van der Waals surface area contributed by atoms with E-state index in [-0.39, 0.29) is 17.5 Å².